The molecular formula is C31H48N2O7. The van der Waals surface area contributed by atoms with Gasteiger partial charge in [-0.25, -0.2) is 0 Å². The minimum Gasteiger partial charge on any atom is -0.506 e. The molecule has 4 N–H and O–H groups in total. The van der Waals surface area contributed by atoms with Crippen LogP contribution in [0.3, 0.4) is 0 Å². The van der Waals surface area contributed by atoms with Crippen molar-refractivity contribution in [3.05, 3.63) is 59.2 Å². The lowest BCUT2D eigenvalue weighted by Gasteiger charge is -2.39. The fraction of sp³-hybridized carbons (Fsp3) is 0.613. The van der Waals surface area contributed by atoms with E-state index in [0.717, 1.165) is 29.5 Å². The second-order valence-electron chi connectivity index (χ2n) is 10.3. The number of ether oxygens (including phenoxy) is 5. The molecule has 9 heteroatoms. The van der Waals surface area contributed by atoms with Gasteiger partial charge < -0.3 is 44.5 Å². The van der Waals surface area contributed by atoms with Crippen LogP contribution in [0, 0.1) is 0 Å². The van der Waals surface area contributed by atoms with Gasteiger partial charge in [-0.3, -0.25) is 0 Å². The quantitative estimate of drug-likeness (QED) is 0.151. The van der Waals surface area contributed by atoms with Crippen LogP contribution >= 0.6 is 0 Å². The number of phenolic OH excluding ortho intramolecular Hbond substituents is 1. The van der Waals surface area contributed by atoms with Crippen LogP contribution in [0.25, 0.3) is 0 Å². The summed E-state index contributed by atoms with van der Waals surface area (Å²) in [7, 11) is 3.38. The van der Waals surface area contributed by atoms with E-state index in [1.807, 2.05) is 12.1 Å². The Kier molecular flexibility index (Phi) is 14.7. The first-order valence-electron chi connectivity index (χ1n) is 14.3. The molecule has 1 heterocycles. The van der Waals surface area contributed by atoms with Crippen LogP contribution in [0.4, 0.5) is 5.69 Å². The van der Waals surface area contributed by atoms with E-state index in [1.165, 1.54) is 0 Å². The molecule has 0 spiro atoms. The van der Waals surface area contributed by atoms with Crippen molar-refractivity contribution in [1.29, 1.82) is 0 Å². The van der Waals surface area contributed by atoms with E-state index in [4.69, 9.17) is 23.7 Å². The molecule has 0 bridgehead atoms. The van der Waals surface area contributed by atoms with Gasteiger partial charge in [-0.15, -0.1) is 0 Å². The first kappa shape index (κ1) is 32.3. The Morgan fingerprint density at radius 3 is 2.30 bits per heavy atom. The molecule has 224 valence electrons. The summed E-state index contributed by atoms with van der Waals surface area (Å²) >= 11 is 0. The number of hydrogen-bond acceptors (Lipinski definition) is 9. The molecule has 4 atom stereocenters. The van der Waals surface area contributed by atoms with Crippen molar-refractivity contribution in [3.8, 4) is 5.75 Å². The Morgan fingerprint density at radius 1 is 0.875 bits per heavy atom. The van der Waals surface area contributed by atoms with Gasteiger partial charge in [0, 0.05) is 66.2 Å². The average Bonchev–Trinajstić information content (AvgIpc) is 2.95. The zero-order valence-electron chi connectivity index (χ0n) is 24.3. The smallest absolute Gasteiger partial charge is 0.138 e. The summed E-state index contributed by atoms with van der Waals surface area (Å²) < 4.78 is 28.7. The van der Waals surface area contributed by atoms with Gasteiger partial charge in [-0.2, -0.15) is 0 Å². The molecule has 1 aliphatic rings. The third kappa shape index (κ3) is 11.0. The van der Waals surface area contributed by atoms with Crippen molar-refractivity contribution >= 4 is 5.69 Å². The highest BCUT2D eigenvalue weighted by Crippen LogP contribution is 2.32. The fourth-order valence-corrected chi connectivity index (χ4v) is 4.79. The average molecular weight is 561 g/mol. The largest absolute Gasteiger partial charge is 0.506 e. The molecule has 1 fully saturated rings. The molecule has 0 saturated carbocycles. The molecule has 0 radical (unpaired) electrons. The Bertz CT molecular complexity index is 957. The highest BCUT2D eigenvalue weighted by molar-refractivity contribution is 5.57. The molecule has 1 saturated heterocycles. The maximum atomic E-state index is 10.3. The molecule has 0 aromatic heterocycles. The standard InChI is InChI=1S/C31H48N2O7/c1-23(34)12-17-39-29-19-32-20-30(31(29)26-9-6-24(7-10-26)21-38-16-5-15-37-3)40-22-25-8-11-28(35)27(18-25)33-13-4-14-36-2/h6-11,18,23,29-35H,4-5,12-17,19-22H2,1-3H3/t23?,29-,30+,31?/m1/s1. The van der Waals surface area contributed by atoms with Crippen molar-refractivity contribution in [2.75, 3.05) is 65.6 Å². The van der Waals surface area contributed by atoms with Gasteiger partial charge in [0.2, 0.25) is 0 Å². The molecule has 0 aliphatic carbocycles. The van der Waals surface area contributed by atoms with Crippen molar-refractivity contribution in [1.82, 2.24) is 5.32 Å². The maximum Gasteiger partial charge on any atom is 0.138 e. The number of hydrogen-bond donors (Lipinski definition) is 4. The first-order valence-corrected chi connectivity index (χ1v) is 14.3. The fourth-order valence-electron chi connectivity index (χ4n) is 4.79. The van der Waals surface area contributed by atoms with Crippen LogP contribution < -0.4 is 10.6 Å². The number of phenols is 1. The molecule has 2 aromatic carbocycles. The van der Waals surface area contributed by atoms with Gasteiger partial charge in [0.1, 0.15) is 5.75 Å². The zero-order valence-corrected chi connectivity index (χ0v) is 24.3. The van der Waals surface area contributed by atoms with Crippen molar-refractivity contribution in [2.24, 2.45) is 0 Å². The van der Waals surface area contributed by atoms with Gasteiger partial charge in [-0.05, 0) is 55.0 Å². The number of anilines is 1. The molecule has 9 nitrogen and oxygen atoms in total. The number of aromatic hydroxyl groups is 1. The lowest BCUT2D eigenvalue weighted by molar-refractivity contribution is -0.0639. The van der Waals surface area contributed by atoms with Gasteiger partial charge >= 0.3 is 0 Å². The van der Waals surface area contributed by atoms with Crippen LogP contribution in [-0.2, 0) is 36.9 Å². The summed E-state index contributed by atoms with van der Waals surface area (Å²) in [5.74, 6) is 0.239. The van der Waals surface area contributed by atoms with E-state index in [-0.39, 0.29) is 23.9 Å². The number of nitrogens with one attached hydrogen (secondary N) is 2. The van der Waals surface area contributed by atoms with E-state index in [0.29, 0.717) is 71.4 Å². The predicted molar refractivity (Wildman–Crippen MR) is 156 cm³/mol. The lowest BCUT2D eigenvalue weighted by atomic mass is 9.85. The molecular weight excluding hydrogens is 512 g/mol. The van der Waals surface area contributed by atoms with E-state index in [2.05, 4.69) is 34.9 Å². The Morgan fingerprint density at radius 2 is 1.57 bits per heavy atom. The van der Waals surface area contributed by atoms with E-state index < -0.39 is 6.10 Å². The summed E-state index contributed by atoms with van der Waals surface area (Å²) in [6.07, 6.45) is 1.70. The van der Waals surface area contributed by atoms with Crippen molar-refractivity contribution < 1.29 is 33.9 Å². The number of aliphatic hydroxyl groups excluding tert-OH is 1. The maximum absolute atomic E-state index is 10.3. The third-order valence-corrected chi connectivity index (χ3v) is 7.00. The van der Waals surface area contributed by atoms with Crippen LogP contribution in [0.5, 0.6) is 5.75 Å². The molecule has 0 amide bonds. The summed E-state index contributed by atoms with van der Waals surface area (Å²) in [5.41, 5.74) is 3.94. The van der Waals surface area contributed by atoms with Crippen molar-refractivity contribution in [2.45, 2.75) is 63.6 Å². The number of methoxy groups -OCH3 is 2. The highest BCUT2D eigenvalue weighted by atomic mass is 16.5. The molecule has 2 unspecified atom stereocenters. The minimum absolute atomic E-state index is 0.0238. The molecule has 2 aromatic rings. The second kappa shape index (κ2) is 18.2. The third-order valence-electron chi connectivity index (χ3n) is 7.00. The van der Waals surface area contributed by atoms with Crippen LogP contribution in [0.2, 0.25) is 0 Å². The number of piperidine rings is 1. The summed E-state index contributed by atoms with van der Waals surface area (Å²) in [6.45, 7) is 7.38. The lowest BCUT2D eigenvalue weighted by Crippen LogP contribution is -2.50. The normalized spacial score (nSPS) is 19.9. The topological polar surface area (TPSA) is 111 Å². The molecule has 40 heavy (non-hydrogen) atoms. The summed E-state index contributed by atoms with van der Waals surface area (Å²) in [4.78, 5) is 0. The van der Waals surface area contributed by atoms with Gasteiger partial charge in [-0.1, -0.05) is 30.3 Å². The Labute approximate surface area is 239 Å². The number of benzene rings is 2. The highest BCUT2D eigenvalue weighted by Gasteiger charge is 2.36. The van der Waals surface area contributed by atoms with Gasteiger partial charge in [0.25, 0.3) is 0 Å². The van der Waals surface area contributed by atoms with Gasteiger partial charge in [0.05, 0.1) is 37.2 Å². The Balaban J connectivity index is 1.67. The Hall–Kier alpha value is -2.24. The van der Waals surface area contributed by atoms with Crippen molar-refractivity contribution in [3.63, 3.8) is 0 Å². The van der Waals surface area contributed by atoms with Crippen LogP contribution in [-0.4, -0.2) is 88.8 Å². The van der Waals surface area contributed by atoms with Crippen LogP contribution in [0.1, 0.15) is 48.8 Å². The SMILES string of the molecule is COCCCNc1cc(CO[C@H]2CNC[C@@H](OCCC(C)O)C2c2ccc(COCCCOC)cc2)ccc1O. The zero-order chi connectivity index (χ0) is 28.6. The predicted octanol–water partition coefficient (Wildman–Crippen LogP) is 3.82. The molecule has 3 rings (SSSR count). The minimum atomic E-state index is -0.406. The summed E-state index contributed by atoms with van der Waals surface area (Å²) in [5, 5.41) is 26.8. The van der Waals surface area contributed by atoms with Gasteiger partial charge in [0.15, 0.2) is 0 Å². The first-order chi connectivity index (χ1) is 19.5. The van der Waals surface area contributed by atoms with E-state index in [1.54, 1.807) is 27.2 Å². The monoisotopic (exact) mass is 560 g/mol. The van der Waals surface area contributed by atoms with E-state index >= 15 is 0 Å². The second-order valence-corrected chi connectivity index (χ2v) is 10.3. The number of aliphatic hydroxyl groups is 1. The summed E-state index contributed by atoms with van der Waals surface area (Å²) in [6, 6.07) is 14.0. The molecule has 1 aliphatic heterocycles. The van der Waals surface area contributed by atoms with Crippen LogP contribution in [0.15, 0.2) is 42.5 Å². The number of rotatable bonds is 19. The van der Waals surface area contributed by atoms with E-state index in [9.17, 15) is 10.2 Å².